The van der Waals surface area contributed by atoms with Crippen molar-refractivity contribution in [1.82, 2.24) is 10.6 Å². The third kappa shape index (κ3) is 6.83. The van der Waals surface area contributed by atoms with Crippen LogP contribution in [0.4, 0.5) is 0 Å². The zero-order valence-corrected chi connectivity index (χ0v) is 17.8. The predicted molar refractivity (Wildman–Crippen MR) is 104 cm³/mol. The van der Waals surface area contributed by atoms with Gasteiger partial charge in [0.05, 0.1) is 26.0 Å². The summed E-state index contributed by atoms with van der Waals surface area (Å²) in [6.45, 7) is 2.01. The number of amides is 2. The fourth-order valence-electron chi connectivity index (χ4n) is 2.97. The molecular weight excluding hydrogens is 420 g/mol. The van der Waals surface area contributed by atoms with Gasteiger partial charge in [0.1, 0.15) is 29.7 Å². The van der Waals surface area contributed by atoms with Crippen LogP contribution in [0.5, 0.6) is 11.5 Å². The minimum atomic E-state index is -3.81. The Morgan fingerprint density at radius 3 is 2.10 bits per heavy atom. The van der Waals surface area contributed by atoms with Gasteiger partial charge in [0.2, 0.25) is 18.1 Å². The van der Waals surface area contributed by atoms with E-state index in [-0.39, 0.29) is 0 Å². The van der Waals surface area contributed by atoms with Crippen LogP contribution >= 0.6 is 0 Å². The maximum Gasteiger partial charge on any atom is 0.264 e. The fourth-order valence-corrected chi connectivity index (χ4v) is 3.35. The first-order valence-electron chi connectivity index (χ1n) is 9.03. The number of methoxy groups -OCH3 is 1. The summed E-state index contributed by atoms with van der Waals surface area (Å²) in [5.74, 6) is 0.00103. The van der Waals surface area contributed by atoms with E-state index in [1.165, 1.54) is 21.0 Å². The molecule has 0 bridgehead atoms. The van der Waals surface area contributed by atoms with E-state index in [2.05, 4.69) is 10.6 Å². The van der Waals surface area contributed by atoms with Gasteiger partial charge in [-0.2, -0.15) is 8.42 Å². The van der Waals surface area contributed by atoms with Gasteiger partial charge in [0.15, 0.2) is 0 Å². The van der Waals surface area contributed by atoms with Gasteiger partial charge in [-0.3, -0.25) is 13.8 Å². The number of benzene rings is 1. The van der Waals surface area contributed by atoms with E-state index >= 15 is 0 Å². The van der Waals surface area contributed by atoms with E-state index in [0.29, 0.717) is 11.5 Å². The van der Waals surface area contributed by atoms with Gasteiger partial charge >= 0.3 is 0 Å². The van der Waals surface area contributed by atoms with Crippen molar-refractivity contribution in [2.24, 2.45) is 0 Å². The summed E-state index contributed by atoms with van der Waals surface area (Å²) >= 11 is 0. The van der Waals surface area contributed by atoms with Gasteiger partial charge in [0, 0.05) is 13.8 Å². The average Bonchev–Trinajstić information content (AvgIpc) is 2.65. The second-order valence-electron chi connectivity index (χ2n) is 6.77. The number of aliphatic hydroxyl groups excluding tert-OH is 1. The highest BCUT2D eigenvalue weighted by molar-refractivity contribution is 7.85. The Morgan fingerprint density at radius 1 is 1.07 bits per heavy atom. The highest BCUT2D eigenvalue weighted by atomic mass is 32.2. The van der Waals surface area contributed by atoms with Crippen LogP contribution in [0.1, 0.15) is 13.8 Å². The zero-order chi connectivity index (χ0) is 22.5. The summed E-state index contributed by atoms with van der Waals surface area (Å²) in [5, 5.41) is 15.9. The maximum atomic E-state index is 11.7. The third-order valence-corrected chi connectivity index (χ3v) is 4.80. The van der Waals surface area contributed by atoms with Crippen LogP contribution in [0.2, 0.25) is 0 Å². The van der Waals surface area contributed by atoms with Gasteiger partial charge in [0.25, 0.3) is 10.1 Å². The summed E-state index contributed by atoms with van der Waals surface area (Å²) in [6.07, 6.45) is -2.77. The summed E-state index contributed by atoms with van der Waals surface area (Å²) in [6, 6.07) is 4.37. The smallest absolute Gasteiger partial charge is 0.264 e. The molecule has 0 radical (unpaired) electrons. The molecule has 2 rings (SSSR count). The Balaban J connectivity index is 2.30. The summed E-state index contributed by atoms with van der Waals surface area (Å²) in [4.78, 5) is 23.3. The van der Waals surface area contributed by atoms with Crippen molar-refractivity contribution in [3.05, 3.63) is 24.3 Å². The van der Waals surface area contributed by atoms with Crippen molar-refractivity contribution in [2.45, 2.75) is 44.4 Å². The molecule has 0 unspecified atom stereocenters. The lowest BCUT2D eigenvalue weighted by Gasteiger charge is -2.44. The van der Waals surface area contributed by atoms with Crippen molar-refractivity contribution in [3.8, 4) is 11.5 Å². The first kappa shape index (κ1) is 23.9. The molecule has 1 fully saturated rings. The lowest BCUT2D eigenvalue weighted by Crippen LogP contribution is -2.69. The molecule has 0 aliphatic carbocycles. The number of aliphatic hydroxyl groups is 1. The number of carbonyl (C=O) groups is 2. The van der Waals surface area contributed by atoms with E-state index in [4.69, 9.17) is 18.4 Å². The van der Waals surface area contributed by atoms with Crippen LogP contribution in [0, 0.1) is 0 Å². The van der Waals surface area contributed by atoms with Crippen LogP contribution < -0.4 is 20.1 Å². The molecule has 0 aromatic heterocycles. The standard InChI is InChI=1S/C18H26N2O9S/c1-10(21)19-15-14(9-27-30(4,24)25)29-18(16(17(15)23)20-11(2)22)28-13-7-5-12(26-3)6-8-13/h5-8,14-18,23H,9H2,1-4H3,(H,19,21)(H,20,22)/t14-,15-,16+,17+,18-/m1/s1. The Hall–Kier alpha value is -2.41. The normalized spacial score (nSPS) is 26.5. The molecule has 1 aliphatic rings. The molecule has 30 heavy (non-hydrogen) atoms. The Labute approximate surface area is 174 Å². The first-order chi connectivity index (χ1) is 14.0. The maximum absolute atomic E-state index is 11.7. The third-order valence-electron chi connectivity index (χ3n) is 4.24. The van der Waals surface area contributed by atoms with E-state index < -0.39 is 59.1 Å². The quantitative estimate of drug-likeness (QED) is 0.434. The molecule has 5 atom stereocenters. The van der Waals surface area contributed by atoms with Crippen molar-refractivity contribution in [1.29, 1.82) is 0 Å². The molecule has 1 heterocycles. The largest absolute Gasteiger partial charge is 0.497 e. The van der Waals surface area contributed by atoms with E-state index in [1.807, 2.05) is 0 Å². The monoisotopic (exact) mass is 446 g/mol. The minimum absolute atomic E-state index is 0.351. The molecule has 11 nitrogen and oxygen atoms in total. The molecule has 168 valence electrons. The van der Waals surface area contributed by atoms with Crippen LogP contribution in [0.25, 0.3) is 0 Å². The van der Waals surface area contributed by atoms with E-state index in [0.717, 1.165) is 6.26 Å². The minimum Gasteiger partial charge on any atom is -0.497 e. The highest BCUT2D eigenvalue weighted by Gasteiger charge is 2.47. The highest BCUT2D eigenvalue weighted by Crippen LogP contribution is 2.26. The van der Waals surface area contributed by atoms with Crippen LogP contribution in [0.3, 0.4) is 0 Å². The average molecular weight is 446 g/mol. The fraction of sp³-hybridized carbons (Fsp3) is 0.556. The SMILES string of the molecule is COc1ccc(O[C@@H]2O[C@H](COS(C)(=O)=O)[C@@H](NC(C)=O)[C@H](O)[C@@H]2NC(C)=O)cc1. The second kappa shape index (κ2) is 10.1. The van der Waals surface area contributed by atoms with Crippen LogP contribution in [-0.4, -0.2) is 75.9 Å². The second-order valence-corrected chi connectivity index (χ2v) is 8.41. The molecule has 1 aromatic carbocycles. The molecule has 1 aliphatic heterocycles. The number of hydrogen-bond acceptors (Lipinski definition) is 9. The zero-order valence-electron chi connectivity index (χ0n) is 17.0. The molecule has 0 saturated carbocycles. The molecular formula is C18H26N2O9S. The first-order valence-corrected chi connectivity index (χ1v) is 10.8. The molecule has 1 aromatic rings. The molecule has 3 N–H and O–H groups in total. The Kier molecular flexibility index (Phi) is 8.01. The number of rotatable bonds is 8. The van der Waals surface area contributed by atoms with Crippen molar-refractivity contribution >= 4 is 21.9 Å². The van der Waals surface area contributed by atoms with E-state index in [1.54, 1.807) is 24.3 Å². The van der Waals surface area contributed by atoms with Gasteiger partial charge in [-0.15, -0.1) is 0 Å². The van der Waals surface area contributed by atoms with Crippen molar-refractivity contribution in [2.75, 3.05) is 20.0 Å². The number of nitrogens with one attached hydrogen (secondary N) is 2. The van der Waals surface area contributed by atoms with Crippen LogP contribution in [0.15, 0.2) is 24.3 Å². The van der Waals surface area contributed by atoms with Gasteiger partial charge in [-0.05, 0) is 24.3 Å². The summed E-state index contributed by atoms with van der Waals surface area (Å²) in [5.41, 5.74) is 0. The van der Waals surface area contributed by atoms with E-state index in [9.17, 15) is 23.1 Å². The molecule has 12 heteroatoms. The molecule has 0 spiro atoms. The van der Waals surface area contributed by atoms with Crippen molar-refractivity contribution in [3.63, 3.8) is 0 Å². The van der Waals surface area contributed by atoms with Gasteiger partial charge in [-0.25, -0.2) is 0 Å². The summed E-state index contributed by atoms with van der Waals surface area (Å²) in [7, 11) is -2.30. The van der Waals surface area contributed by atoms with Gasteiger partial charge in [-0.1, -0.05) is 0 Å². The van der Waals surface area contributed by atoms with Crippen LogP contribution in [-0.2, 0) is 28.6 Å². The van der Waals surface area contributed by atoms with Gasteiger partial charge < -0.3 is 30.0 Å². The molecule has 2 amide bonds. The molecule has 1 saturated heterocycles. The predicted octanol–water partition coefficient (Wildman–Crippen LogP) is -0.855. The Bertz CT molecular complexity index is 844. The Morgan fingerprint density at radius 2 is 1.60 bits per heavy atom. The number of ether oxygens (including phenoxy) is 3. The lowest BCUT2D eigenvalue weighted by atomic mass is 9.94. The summed E-state index contributed by atoms with van der Waals surface area (Å²) < 4.78 is 44.3. The number of hydrogen-bond donors (Lipinski definition) is 3. The number of carbonyl (C=O) groups excluding carboxylic acids is 2. The van der Waals surface area contributed by atoms with Crippen molar-refractivity contribution < 1.29 is 41.5 Å². The topological polar surface area (TPSA) is 149 Å². The lowest BCUT2D eigenvalue weighted by molar-refractivity contribution is -0.213.